The summed E-state index contributed by atoms with van der Waals surface area (Å²) in [4.78, 5) is 12.9. The fourth-order valence-electron chi connectivity index (χ4n) is 2.39. The fraction of sp³-hybridized carbons (Fsp3) is 0.438. The summed E-state index contributed by atoms with van der Waals surface area (Å²) >= 11 is 1.61. The van der Waals surface area contributed by atoms with Crippen molar-refractivity contribution in [3.63, 3.8) is 0 Å². The van der Waals surface area contributed by atoms with Gasteiger partial charge in [-0.25, -0.2) is 0 Å². The number of ether oxygens (including phenoxy) is 1. The number of benzene rings is 1. The number of carbonyl (C=O) groups excluding carboxylic acids is 1. The Bertz CT molecular complexity index is 641. The zero-order valence-electron chi connectivity index (χ0n) is 12.6. The van der Waals surface area contributed by atoms with Crippen LogP contribution in [0.15, 0.2) is 21.4 Å². The van der Waals surface area contributed by atoms with Crippen LogP contribution in [0.2, 0.25) is 0 Å². The molecule has 2 rings (SSSR count). The highest BCUT2D eigenvalue weighted by Crippen LogP contribution is 2.36. The molecule has 0 radical (unpaired) electrons. The lowest BCUT2D eigenvalue weighted by Gasteiger charge is -2.07. The molecule has 0 fully saturated rings. The SMILES string of the molecule is CSc1c(CC(=O)OC(C)C)oc2cc(C)cc(C)c12. The predicted octanol–water partition coefficient (Wildman–Crippen LogP) is 4.27. The highest BCUT2D eigenvalue weighted by molar-refractivity contribution is 7.98. The number of thioether (sulfide) groups is 1. The second kappa shape index (κ2) is 5.92. The summed E-state index contributed by atoms with van der Waals surface area (Å²) in [5.74, 6) is 0.454. The van der Waals surface area contributed by atoms with E-state index in [0.717, 1.165) is 21.4 Å². The molecule has 0 saturated carbocycles. The Hall–Kier alpha value is -1.42. The third kappa shape index (κ3) is 3.01. The van der Waals surface area contributed by atoms with Crippen molar-refractivity contribution in [2.75, 3.05) is 6.26 Å². The fourth-order valence-corrected chi connectivity index (χ4v) is 3.19. The normalized spacial score (nSPS) is 11.3. The summed E-state index contributed by atoms with van der Waals surface area (Å²) in [5.41, 5.74) is 3.18. The number of aryl methyl sites for hydroxylation is 2. The van der Waals surface area contributed by atoms with E-state index in [1.54, 1.807) is 11.8 Å². The van der Waals surface area contributed by atoms with E-state index in [0.29, 0.717) is 5.76 Å². The summed E-state index contributed by atoms with van der Waals surface area (Å²) in [6.07, 6.45) is 2.08. The first kappa shape index (κ1) is 15.0. The Balaban J connectivity index is 2.43. The predicted molar refractivity (Wildman–Crippen MR) is 82.4 cm³/mol. The standard InChI is InChI=1S/C16H20O3S/c1-9(2)18-14(17)8-13-16(20-5)15-11(4)6-10(3)7-12(15)19-13/h6-7,9H,8H2,1-5H3. The third-order valence-electron chi connectivity index (χ3n) is 3.03. The van der Waals surface area contributed by atoms with E-state index >= 15 is 0 Å². The van der Waals surface area contributed by atoms with Crippen LogP contribution in [-0.2, 0) is 16.0 Å². The molecule has 0 spiro atoms. The lowest BCUT2D eigenvalue weighted by Crippen LogP contribution is -2.13. The number of furan rings is 1. The largest absolute Gasteiger partial charge is 0.463 e. The lowest BCUT2D eigenvalue weighted by atomic mass is 10.1. The molecule has 0 aliphatic carbocycles. The number of hydrogen-bond donors (Lipinski definition) is 0. The molecule has 1 aromatic carbocycles. The second-order valence-corrected chi connectivity index (χ2v) is 6.05. The van der Waals surface area contributed by atoms with Crippen LogP contribution in [-0.4, -0.2) is 18.3 Å². The maximum absolute atomic E-state index is 11.8. The second-order valence-electron chi connectivity index (χ2n) is 5.23. The Kier molecular flexibility index (Phi) is 4.43. The van der Waals surface area contributed by atoms with Crippen LogP contribution in [0.1, 0.15) is 30.7 Å². The molecule has 0 aliphatic rings. The first-order valence-electron chi connectivity index (χ1n) is 6.68. The average molecular weight is 292 g/mol. The van der Waals surface area contributed by atoms with Crippen LogP contribution in [0.5, 0.6) is 0 Å². The van der Waals surface area contributed by atoms with Crippen molar-refractivity contribution in [3.05, 3.63) is 29.0 Å². The molecule has 2 aromatic rings. The summed E-state index contributed by atoms with van der Waals surface area (Å²) in [6.45, 7) is 7.81. The van der Waals surface area contributed by atoms with Gasteiger partial charge in [0.1, 0.15) is 17.8 Å². The minimum absolute atomic E-state index is 0.103. The van der Waals surface area contributed by atoms with Gasteiger partial charge in [-0.15, -0.1) is 11.8 Å². The van der Waals surface area contributed by atoms with E-state index in [4.69, 9.17) is 9.15 Å². The van der Waals surface area contributed by atoms with E-state index in [2.05, 4.69) is 13.0 Å². The van der Waals surface area contributed by atoms with Crippen molar-refractivity contribution in [2.24, 2.45) is 0 Å². The van der Waals surface area contributed by atoms with Crippen LogP contribution >= 0.6 is 11.8 Å². The monoisotopic (exact) mass is 292 g/mol. The van der Waals surface area contributed by atoms with Gasteiger partial charge in [0.15, 0.2) is 0 Å². The van der Waals surface area contributed by atoms with Crippen LogP contribution in [0, 0.1) is 13.8 Å². The van der Waals surface area contributed by atoms with Crippen molar-refractivity contribution in [3.8, 4) is 0 Å². The smallest absolute Gasteiger partial charge is 0.313 e. The van der Waals surface area contributed by atoms with Crippen LogP contribution in [0.4, 0.5) is 0 Å². The number of fused-ring (bicyclic) bond motifs is 1. The average Bonchev–Trinajstić information content (AvgIpc) is 2.64. The molecule has 0 atom stereocenters. The van der Waals surface area contributed by atoms with Gasteiger partial charge >= 0.3 is 5.97 Å². The van der Waals surface area contributed by atoms with Crippen molar-refractivity contribution >= 4 is 28.7 Å². The van der Waals surface area contributed by atoms with E-state index in [1.165, 1.54) is 5.56 Å². The maximum atomic E-state index is 11.8. The molecule has 0 saturated heterocycles. The molecule has 1 heterocycles. The van der Waals surface area contributed by atoms with Crippen LogP contribution < -0.4 is 0 Å². The highest BCUT2D eigenvalue weighted by atomic mass is 32.2. The van der Waals surface area contributed by atoms with Crippen molar-refractivity contribution in [1.82, 2.24) is 0 Å². The van der Waals surface area contributed by atoms with Crippen molar-refractivity contribution < 1.29 is 13.9 Å². The molecule has 20 heavy (non-hydrogen) atoms. The van der Waals surface area contributed by atoms with Crippen LogP contribution in [0.3, 0.4) is 0 Å². The summed E-state index contributed by atoms with van der Waals surface area (Å²) in [7, 11) is 0. The van der Waals surface area contributed by atoms with E-state index < -0.39 is 0 Å². The van der Waals surface area contributed by atoms with Crippen molar-refractivity contribution in [1.29, 1.82) is 0 Å². The van der Waals surface area contributed by atoms with E-state index in [-0.39, 0.29) is 18.5 Å². The molecule has 1 aromatic heterocycles. The van der Waals surface area contributed by atoms with Gasteiger partial charge in [0.25, 0.3) is 0 Å². The van der Waals surface area contributed by atoms with Gasteiger partial charge in [0.2, 0.25) is 0 Å². The highest BCUT2D eigenvalue weighted by Gasteiger charge is 2.19. The molecule has 0 bridgehead atoms. The Morgan fingerprint density at radius 3 is 2.65 bits per heavy atom. The van der Waals surface area contributed by atoms with Gasteiger partial charge in [-0.3, -0.25) is 4.79 Å². The van der Waals surface area contributed by atoms with Gasteiger partial charge < -0.3 is 9.15 Å². The molecule has 0 unspecified atom stereocenters. The molecule has 0 amide bonds. The molecule has 4 heteroatoms. The lowest BCUT2D eigenvalue weighted by molar-refractivity contribution is -0.146. The first-order valence-corrected chi connectivity index (χ1v) is 7.91. The minimum Gasteiger partial charge on any atom is -0.463 e. The van der Waals surface area contributed by atoms with Gasteiger partial charge in [-0.1, -0.05) is 6.07 Å². The third-order valence-corrected chi connectivity index (χ3v) is 3.87. The number of hydrogen-bond acceptors (Lipinski definition) is 4. The van der Waals surface area contributed by atoms with Gasteiger partial charge in [-0.05, 0) is 51.1 Å². The number of rotatable bonds is 4. The maximum Gasteiger partial charge on any atom is 0.313 e. The molecule has 0 aliphatic heterocycles. The molecule has 3 nitrogen and oxygen atoms in total. The minimum atomic E-state index is -0.247. The van der Waals surface area contributed by atoms with Crippen LogP contribution in [0.25, 0.3) is 11.0 Å². The Labute approximate surface area is 123 Å². The van der Waals surface area contributed by atoms with E-state index in [9.17, 15) is 4.79 Å². The summed E-state index contributed by atoms with van der Waals surface area (Å²) in [6, 6.07) is 4.15. The molecular weight excluding hydrogens is 272 g/mol. The molecule has 0 N–H and O–H groups in total. The first-order chi connectivity index (χ1) is 9.42. The number of carbonyl (C=O) groups is 1. The summed E-state index contributed by atoms with van der Waals surface area (Å²) < 4.78 is 11.1. The van der Waals surface area contributed by atoms with Gasteiger partial charge in [0.05, 0.1) is 11.0 Å². The number of esters is 1. The molecular formula is C16H20O3S. The topological polar surface area (TPSA) is 39.4 Å². The van der Waals surface area contributed by atoms with Gasteiger partial charge in [-0.2, -0.15) is 0 Å². The van der Waals surface area contributed by atoms with Crippen molar-refractivity contribution in [2.45, 2.75) is 45.1 Å². The summed E-state index contributed by atoms with van der Waals surface area (Å²) in [5, 5.41) is 1.11. The van der Waals surface area contributed by atoms with Gasteiger partial charge in [0, 0.05) is 5.39 Å². The molecule has 108 valence electrons. The Morgan fingerprint density at radius 2 is 2.05 bits per heavy atom. The zero-order chi connectivity index (χ0) is 14.9. The quantitative estimate of drug-likeness (QED) is 0.623. The van der Waals surface area contributed by atoms with E-state index in [1.807, 2.05) is 33.1 Å². The zero-order valence-corrected chi connectivity index (χ0v) is 13.4. The Morgan fingerprint density at radius 1 is 1.35 bits per heavy atom.